The van der Waals surface area contributed by atoms with Crippen molar-refractivity contribution in [2.75, 3.05) is 0 Å². The maximum absolute atomic E-state index is 3.81. The van der Waals surface area contributed by atoms with E-state index in [1.54, 1.807) is 0 Å². The molecule has 0 heterocycles. The zero-order valence-corrected chi connectivity index (χ0v) is 13.4. The molecular weight excluding hydrogens is 254 g/mol. The van der Waals surface area contributed by atoms with Crippen LogP contribution in [-0.2, 0) is 0 Å². The third-order valence-corrected chi connectivity index (χ3v) is 4.30. The molecule has 1 N–H and O–H groups in total. The summed E-state index contributed by atoms with van der Waals surface area (Å²) in [6.45, 7) is 6.82. The van der Waals surface area contributed by atoms with Crippen molar-refractivity contribution in [1.29, 1.82) is 0 Å². The SMILES string of the molecule is CCC(CC)NC(C)C(c1ccccc1)c1ccccc1. The monoisotopic (exact) mass is 281 g/mol. The van der Waals surface area contributed by atoms with Gasteiger partial charge in [-0.2, -0.15) is 0 Å². The first-order chi connectivity index (χ1) is 10.3. The smallest absolute Gasteiger partial charge is 0.0240 e. The van der Waals surface area contributed by atoms with E-state index in [1.807, 2.05) is 0 Å². The van der Waals surface area contributed by atoms with Crippen molar-refractivity contribution in [2.45, 2.75) is 51.6 Å². The van der Waals surface area contributed by atoms with Gasteiger partial charge in [0.1, 0.15) is 0 Å². The number of hydrogen-bond donors (Lipinski definition) is 1. The quantitative estimate of drug-likeness (QED) is 0.754. The molecule has 1 atom stereocenters. The Bertz CT molecular complexity index is 462. The summed E-state index contributed by atoms with van der Waals surface area (Å²) in [6, 6.07) is 22.7. The summed E-state index contributed by atoms with van der Waals surface area (Å²) in [7, 11) is 0. The molecule has 112 valence electrons. The third kappa shape index (κ3) is 4.18. The van der Waals surface area contributed by atoms with Crippen LogP contribution in [0.5, 0.6) is 0 Å². The fourth-order valence-electron chi connectivity index (χ4n) is 3.08. The fourth-order valence-corrected chi connectivity index (χ4v) is 3.08. The van der Waals surface area contributed by atoms with Crippen LogP contribution in [0.1, 0.15) is 50.7 Å². The third-order valence-electron chi connectivity index (χ3n) is 4.30. The lowest BCUT2D eigenvalue weighted by molar-refractivity contribution is 0.400. The molecule has 2 rings (SSSR count). The van der Waals surface area contributed by atoms with E-state index in [1.165, 1.54) is 24.0 Å². The maximum Gasteiger partial charge on any atom is 0.0240 e. The first kappa shape index (κ1) is 15.8. The molecule has 2 aromatic rings. The second-order valence-electron chi connectivity index (χ2n) is 5.77. The molecule has 0 amide bonds. The molecule has 0 saturated carbocycles. The van der Waals surface area contributed by atoms with E-state index in [-0.39, 0.29) is 0 Å². The van der Waals surface area contributed by atoms with E-state index in [0.29, 0.717) is 18.0 Å². The van der Waals surface area contributed by atoms with Gasteiger partial charge in [-0.25, -0.2) is 0 Å². The average molecular weight is 281 g/mol. The summed E-state index contributed by atoms with van der Waals surface area (Å²) in [5.41, 5.74) is 2.77. The van der Waals surface area contributed by atoms with E-state index < -0.39 is 0 Å². The fraction of sp³-hybridized carbons (Fsp3) is 0.400. The molecule has 1 heteroatoms. The summed E-state index contributed by atoms with van der Waals surface area (Å²) in [6.07, 6.45) is 2.36. The van der Waals surface area contributed by atoms with Crippen molar-refractivity contribution < 1.29 is 0 Å². The van der Waals surface area contributed by atoms with Gasteiger partial charge in [-0.3, -0.25) is 0 Å². The zero-order chi connectivity index (χ0) is 15.1. The number of hydrogen-bond acceptors (Lipinski definition) is 1. The molecule has 0 bridgehead atoms. The van der Waals surface area contributed by atoms with Crippen LogP contribution in [0.4, 0.5) is 0 Å². The van der Waals surface area contributed by atoms with Crippen LogP contribution in [0.2, 0.25) is 0 Å². The van der Waals surface area contributed by atoms with Gasteiger partial charge in [0.25, 0.3) is 0 Å². The minimum Gasteiger partial charge on any atom is -0.311 e. The van der Waals surface area contributed by atoms with Gasteiger partial charge in [-0.15, -0.1) is 0 Å². The number of nitrogens with one attached hydrogen (secondary N) is 1. The van der Waals surface area contributed by atoms with Crippen molar-refractivity contribution in [3.63, 3.8) is 0 Å². The Morgan fingerprint density at radius 1 is 0.762 bits per heavy atom. The molecule has 0 spiro atoms. The van der Waals surface area contributed by atoms with Crippen molar-refractivity contribution in [3.8, 4) is 0 Å². The summed E-state index contributed by atoms with van der Waals surface area (Å²) >= 11 is 0. The molecule has 0 aromatic heterocycles. The number of rotatable bonds is 7. The van der Waals surface area contributed by atoms with Crippen LogP contribution in [0.15, 0.2) is 60.7 Å². The average Bonchev–Trinajstić information content (AvgIpc) is 2.55. The van der Waals surface area contributed by atoms with Gasteiger partial charge >= 0.3 is 0 Å². The van der Waals surface area contributed by atoms with Gasteiger partial charge in [0, 0.05) is 18.0 Å². The Morgan fingerprint density at radius 3 is 1.57 bits per heavy atom. The lowest BCUT2D eigenvalue weighted by Crippen LogP contribution is -2.39. The number of benzene rings is 2. The van der Waals surface area contributed by atoms with Crippen LogP contribution in [-0.4, -0.2) is 12.1 Å². The Balaban J connectivity index is 2.28. The summed E-state index contributed by atoms with van der Waals surface area (Å²) in [5.74, 6) is 0.396. The molecule has 0 aliphatic heterocycles. The zero-order valence-electron chi connectivity index (χ0n) is 13.4. The highest BCUT2D eigenvalue weighted by Crippen LogP contribution is 2.28. The second-order valence-corrected chi connectivity index (χ2v) is 5.77. The minimum absolute atomic E-state index is 0.396. The second kappa shape index (κ2) is 7.99. The highest BCUT2D eigenvalue weighted by Gasteiger charge is 2.22. The topological polar surface area (TPSA) is 12.0 Å². The Kier molecular flexibility index (Phi) is 6.01. The summed E-state index contributed by atoms with van der Waals surface area (Å²) < 4.78 is 0. The Hall–Kier alpha value is -1.60. The predicted molar refractivity (Wildman–Crippen MR) is 91.7 cm³/mol. The van der Waals surface area contributed by atoms with Gasteiger partial charge in [0.2, 0.25) is 0 Å². The molecule has 2 aromatic carbocycles. The van der Waals surface area contributed by atoms with Gasteiger partial charge in [0.15, 0.2) is 0 Å². The Morgan fingerprint density at radius 2 is 1.19 bits per heavy atom. The maximum atomic E-state index is 3.81. The molecule has 1 nitrogen and oxygen atoms in total. The molecule has 0 saturated heterocycles. The van der Waals surface area contributed by atoms with Gasteiger partial charge in [0.05, 0.1) is 0 Å². The molecule has 0 aliphatic carbocycles. The minimum atomic E-state index is 0.396. The highest BCUT2D eigenvalue weighted by molar-refractivity contribution is 5.34. The highest BCUT2D eigenvalue weighted by atomic mass is 14.9. The first-order valence-electron chi connectivity index (χ1n) is 8.12. The van der Waals surface area contributed by atoms with E-state index in [0.717, 1.165) is 0 Å². The molecule has 0 aliphatic rings. The van der Waals surface area contributed by atoms with Crippen LogP contribution in [0.25, 0.3) is 0 Å². The predicted octanol–water partition coefficient (Wildman–Crippen LogP) is 4.99. The van der Waals surface area contributed by atoms with E-state index >= 15 is 0 Å². The van der Waals surface area contributed by atoms with Crippen molar-refractivity contribution >= 4 is 0 Å². The Labute approximate surface area is 129 Å². The van der Waals surface area contributed by atoms with E-state index in [4.69, 9.17) is 0 Å². The molecule has 21 heavy (non-hydrogen) atoms. The van der Waals surface area contributed by atoms with Crippen molar-refractivity contribution in [3.05, 3.63) is 71.8 Å². The molecule has 0 radical (unpaired) electrons. The first-order valence-corrected chi connectivity index (χ1v) is 8.12. The van der Waals surface area contributed by atoms with Crippen LogP contribution in [0, 0.1) is 0 Å². The summed E-state index contributed by atoms with van der Waals surface area (Å²) in [5, 5.41) is 3.81. The van der Waals surface area contributed by atoms with Crippen molar-refractivity contribution in [1.82, 2.24) is 5.32 Å². The molecular formula is C20H27N. The van der Waals surface area contributed by atoms with Crippen LogP contribution < -0.4 is 5.32 Å². The largest absolute Gasteiger partial charge is 0.311 e. The van der Waals surface area contributed by atoms with Crippen LogP contribution in [0.3, 0.4) is 0 Å². The molecule has 1 unspecified atom stereocenters. The van der Waals surface area contributed by atoms with Gasteiger partial charge < -0.3 is 5.32 Å². The lowest BCUT2D eigenvalue weighted by atomic mass is 9.85. The van der Waals surface area contributed by atoms with Crippen molar-refractivity contribution in [2.24, 2.45) is 0 Å². The van der Waals surface area contributed by atoms with E-state index in [9.17, 15) is 0 Å². The van der Waals surface area contributed by atoms with Gasteiger partial charge in [-0.1, -0.05) is 74.5 Å². The van der Waals surface area contributed by atoms with E-state index in [2.05, 4.69) is 86.8 Å². The van der Waals surface area contributed by atoms with Crippen LogP contribution >= 0.6 is 0 Å². The standard InChI is InChI=1S/C20H27N/c1-4-19(5-2)21-16(3)20(17-12-8-6-9-13-17)18-14-10-7-11-15-18/h6-16,19-21H,4-5H2,1-3H3. The molecule has 0 fully saturated rings. The lowest BCUT2D eigenvalue weighted by Gasteiger charge is -2.29. The van der Waals surface area contributed by atoms with Gasteiger partial charge in [-0.05, 0) is 30.9 Å². The normalized spacial score (nSPS) is 12.8. The summed E-state index contributed by atoms with van der Waals surface area (Å²) in [4.78, 5) is 0.